The maximum atomic E-state index is 11.9. The second-order valence-electron chi connectivity index (χ2n) is 9.76. The van der Waals surface area contributed by atoms with Gasteiger partial charge in [-0.1, -0.05) is 0 Å². The molecule has 9 nitrogen and oxygen atoms in total. The summed E-state index contributed by atoms with van der Waals surface area (Å²) >= 11 is 1.50. The minimum Gasteiger partial charge on any atom is -0.493 e. The van der Waals surface area contributed by atoms with Gasteiger partial charge in [-0.2, -0.15) is 0 Å². The van der Waals surface area contributed by atoms with Crippen molar-refractivity contribution in [1.82, 2.24) is 10.3 Å². The predicted octanol–water partition coefficient (Wildman–Crippen LogP) is 3.16. The summed E-state index contributed by atoms with van der Waals surface area (Å²) in [7, 11) is 3.80. The van der Waals surface area contributed by atoms with Gasteiger partial charge in [0.05, 0.1) is 50.7 Å². The fraction of sp³-hybridized carbons (Fsp3) is 0.680. The lowest BCUT2D eigenvalue weighted by Crippen LogP contribution is -3.09. The molecule has 2 unspecified atom stereocenters. The van der Waals surface area contributed by atoms with E-state index in [1.807, 2.05) is 32.9 Å². The lowest BCUT2D eigenvalue weighted by molar-refractivity contribution is -0.880. The molecule has 0 aliphatic carbocycles. The minimum atomic E-state index is -0.536. The van der Waals surface area contributed by atoms with E-state index >= 15 is 0 Å². The van der Waals surface area contributed by atoms with E-state index in [2.05, 4.69) is 17.3 Å². The molecule has 1 aliphatic heterocycles. The van der Waals surface area contributed by atoms with Crippen LogP contribution in [-0.2, 0) is 20.8 Å². The lowest BCUT2D eigenvalue weighted by Gasteiger charge is -2.23. The normalized spacial score (nSPS) is 17.2. The van der Waals surface area contributed by atoms with Crippen molar-refractivity contribution in [3.05, 3.63) is 17.1 Å². The van der Waals surface area contributed by atoms with Gasteiger partial charge in [0.15, 0.2) is 17.8 Å². The molecule has 1 aromatic heterocycles. The first-order valence-corrected chi connectivity index (χ1v) is 13.2. The number of hydrogen-bond donors (Lipinski definition) is 2. The van der Waals surface area contributed by atoms with Gasteiger partial charge in [-0.25, -0.2) is 9.78 Å². The maximum Gasteiger partial charge on any atom is 0.408 e. The van der Waals surface area contributed by atoms with Crippen LogP contribution in [0.1, 0.15) is 51.5 Å². The molecule has 1 aromatic carbocycles. The van der Waals surface area contributed by atoms with Gasteiger partial charge in [-0.15, -0.1) is 11.3 Å². The Balaban J connectivity index is 1.43. The number of fused-ring (bicyclic) bond motifs is 1. The van der Waals surface area contributed by atoms with E-state index in [4.69, 9.17) is 23.7 Å². The summed E-state index contributed by atoms with van der Waals surface area (Å²) in [6.07, 6.45) is 3.75. The number of quaternary nitrogens is 1. The van der Waals surface area contributed by atoms with Gasteiger partial charge >= 0.3 is 6.09 Å². The topological polar surface area (TPSA) is 92.6 Å². The Morgan fingerprint density at radius 3 is 2.77 bits per heavy atom. The quantitative estimate of drug-likeness (QED) is 0.424. The van der Waals surface area contributed by atoms with Gasteiger partial charge in [0.25, 0.3) is 0 Å². The van der Waals surface area contributed by atoms with E-state index in [0.717, 1.165) is 54.2 Å². The Kier molecular flexibility index (Phi) is 10.4. The number of rotatable bonds is 12. The number of benzene rings is 1. The van der Waals surface area contributed by atoms with Crippen LogP contribution in [0.5, 0.6) is 11.5 Å². The molecule has 35 heavy (non-hydrogen) atoms. The lowest BCUT2D eigenvalue weighted by atomic mass is 10.2. The molecule has 10 heteroatoms. The van der Waals surface area contributed by atoms with Crippen LogP contribution >= 0.6 is 11.3 Å². The van der Waals surface area contributed by atoms with Crippen LogP contribution < -0.4 is 19.7 Å². The van der Waals surface area contributed by atoms with Crippen LogP contribution in [0.15, 0.2) is 12.1 Å². The molecule has 2 aromatic rings. The number of ether oxygens (including phenoxy) is 5. The third kappa shape index (κ3) is 9.44. The number of nitrogens with one attached hydrogen (secondary N) is 2. The smallest absolute Gasteiger partial charge is 0.408 e. The molecule has 0 spiro atoms. The summed E-state index contributed by atoms with van der Waals surface area (Å²) in [5.74, 6) is 1.35. The van der Waals surface area contributed by atoms with E-state index in [1.165, 1.54) is 22.7 Å². The fourth-order valence-electron chi connectivity index (χ4n) is 3.68. The third-order valence-electron chi connectivity index (χ3n) is 5.48. The highest BCUT2D eigenvalue weighted by Crippen LogP contribution is 2.35. The van der Waals surface area contributed by atoms with Crippen LogP contribution in [0.4, 0.5) is 4.79 Å². The monoisotopic (exact) mass is 510 g/mol. The number of methoxy groups -OCH3 is 1. The zero-order chi connectivity index (χ0) is 25.3. The maximum absolute atomic E-state index is 11.9. The summed E-state index contributed by atoms with van der Waals surface area (Å²) in [6, 6.07) is 3.83. The summed E-state index contributed by atoms with van der Waals surface area (Å²) in [4.78, 5) is 17.9. The van der Waals surface area contributed by atoms with Crippen LogP contribution in [-0.4, -0.2) is 70.0 Å². The van der Waals surface area contributed by atoms with Crippen molar-refractivity contribution in [1.29, 1.82) is 0 Å². The highest BCUT2D eigenvalue weighted by molar-refractivity contribution is 7.18. The highest BCUT2D eigenvalue weighted by atomic mass is 32.1. The molecule has 2 N–H and O–H groups in total. The van der Waals surface area contributed by atoms with Crippen molar-refractivity contribution in [3.63, 3.8) is 0 Å². The van der Waals surface area contributed by atoms with E-state index in [0.29, 0.717) is 31.3 Å². The molecule has 3 rings (SSSR count). The average molecular weight is 511 g/mol. The molecule has 1 amide bonds. The number of alkyl carbamates (subject to hydrolysis) is 1. The second kappa shape index (κ2) is 13.2. The zero-order valence-electron chi connectivity index (χ0n) is 21.6. The van der Waals surface area contributed by atoms with Crippen LogP contribution in [0, 0.1) is 0 Å². The Labute approximate surface area is 212 Å². The molecule has 0 bridgehead atoms. The number of hydrogen-bond acceptors (Lipinski definition) is 8. The number of carbonyl (C=O) groups excluding carboxylic acids is 1. The van der Waals surface area contributed by atoms with E-state index in [-0.39, 0.29) is 6.29 Å². The molecular weight excluding hydrogens is 470 g/mol. The van der Waals surface area contributed by atoms with Crippen molar-refractivity contribution in [2.75, 3.05) is 47.1 Å². The summed E-state index contributed by atoms with van der Waals surface area (Å²) in [5.41, 5.74) is 0.280. The van der Waals surface area contributed by atoms with Crippen molar-refractivity contribution in [2.24, 2.45) is 0 Å². The summed E-state index contributed by atoms with van der Waals surface area (Å²) in [5, 5.41) is 3.54. The van der Waals surface area contributed by atoms with E-state index in [9.17, 15) is 4.79 Å². The molecule has 1 saturated heterocycles. The van der Waals surface area contributed by atoms with Gasteiger partial charge in [-0.3, -0.25) is 0 Å². The van der Waals surface area contributed by atoms with Crippen molar-refractivity contribution in [3.8, 4) is 11.5 Å². The largest absolute Gasteiger partial charge is 0.493 e. The highest BCUT2D eigenvalue weighted by Gasteiger charge is 2.17. The molecule has 196 valence electrons. The molecule has 2 atom stereocenters. The van der Waals surface area contributed by atoms with Gasteiger partial charge < -0.3 is 33.9 Å². The standard InChI is InChI=1S/C25H39N3O6S/c1-25(2,3)34-24(29)26-17-22-27-18-15-20(19(30-5)16-21(18)35-22)31-13-8-10-28(4)11-14-33-23-9-6-7-12-32-23/h15-16,23H,6-14,17H2,1-5H3,(H,26,29)/p+1. The third-order valence-corrected chi connectivity index (χ3v) is 6.50. The predicted molar refractivity (Wildman–Crippen MR) is 136 cm³/mol. The molecular formula is C25H40N3O6S+. The molecule has 0 radical (unpaired) electrons. The molecule has 2 heterocycles. The van der Waals surface area contributed by atoms with Crippen LogP contribution in [0.2, 0.25) is 0 Å². The van der Waals surface area contributed by atoms with E-state index in [1.54, 1.807) is 7.11 Å². The van der Waals surface area contributed by atoms with Gasteiger partial charge in [0.1, 0.15) is 17.2 Å². The number of thiazole rings is 1. The molecule has 1 fully saturated rings. The van der Waals surface area contributed by atoms with Crippen molar-refractivity contribution >= 4 is 27.6 Å². The molecule has 1 aliphatic rings. The average Bonchev–Trinajstić information content (AvgIpc) is 3.21. The number of nitrogens with zero attached hydrogens (tertiary/aromatic N) is 1. The number of amides is 1. The van der Waals surface area contributed by atoms with Crippen molar-refractivity contribution in [2.45, 2.75) is 64.9 Å². The van der Waals surface area contributed by atoms with Crippen LogP contribution in [0.3, 0.4) is 0 Å². The Bertz CT molecular complexity index is 939. The summed E-state index contributed by atoms with van der Waals surface area (Å²) in [6.45, 7) is 9.83. The van der Waals surface area contributed by atoms with Gasteiger partial charge in [0.2, 0.25) is 0 Å². The van der Waals surface area contributed by atoms with Gasteiger partial charge in [-0.05, 0) is 40.0 Å². The first-order valence-electron chi connectivity index (χ1n) is 12.3. The number of carbonyl (C=O) groups is 1. The van der Waals surface area contributed by atoms with Crippen LogP contribution in [0.25, 0.3) is 10.2 Å². The Morgan fingerprint density at radius 1 is 1.23 bits per heavy atom. The second-order valence-corrected chi connectivity index (χ2v) is 10.9. The fourth-order valence-corrected chi connectivity index (χ4v) is 4.60. The SMILES string of the molecule is COc1cc2sc(CNC(=O)OC(C)(C)C)nc2cc1OCCC[NH+](C)CCOC1CCCCO1. The number of aromatic nitrogens is 1. The Morgan fingerprint density at radius 2 is 2.06 bits per heavy atom. The first kappa shape index (κ1) is 27.4. The van der Waals surface area contributed by atoms with Crippen molar-refractivity contribution < 1.29 is 33.4 Å². The van der Waals surface area contributed by atoms with Gasteiger partial charge in [0, 0.05) is 25.2 Å². The Hall–Kier alpha value is -2.14. The zero-order valence-corrected chi connectivity index (χ0v) is 22.4. The first-order chi connectivity index (χ1) is 16.7. The molecule has 0 saturated carbocycles. The summed E-state index contributed by atoms with van der Waals surface area (Å²) < 4.78 is 29.3. The van der Waals surface area contributed by atoms with E-state index < -0.39 is 11.7 Å². The minimum absolute atomic E-state index is 0.0263. The number of likely N-dealkylation sites (N-methyl/N-ethyl adjacent to an activating group) is 1.